The quantitative estimate of drug-likeness (QED) is 0.572. The molecule has 1 aromatic rings. The monoisotopic (exact) mass is 242 g/mol. The Morgan fingerprint density at radius 3 is 2.88 bits per heavy atom. The number of rotatable bonds is 5. The molecule has 0 saturated heterocycles. The van der Waals surface area contributed by atoms with Crippen molar-refractivity contribution >= 4 is 17.6 Å². The van der Waals surface area contributed by atoms with E-state index in [9.17, 15) is 14.0 Å². The Hall–Kier alpha value is -2.32. The second-order valence-corrected chi connectivity index (χ2v) is 2.99. The number of aromatic nitrogens is 2. The fourth-order valence-corrected chi connectivity index (χ4v) is 0.986. The highest BCUT2D eigenvalue weighted by atomic mass is 19.1. The van der Waals surface area contributed by atoms with Gasteiger partial charge in [0.2, 0.25) is 11.7 Å². The van der Waals surface area contributed by atoms with Crippen molar-refractivity contribution in [2.45, 2.75) is 6.92 Å². The van der Waals surface area contributed by atoms with Crippen molar-refractivity contribution in [1.29, 1.82) is 0 Å². The number of nitrogens with one attached hydrogen (secondary N) is 1. The molecular formula is C8H11FN6O2. The highest BCUT2D eigenvalue weighted by Crippen LogP contribution is 2.13. The summed E-state index contributed by atoms with van der Waals surface area (Å²) in [5.41, 5.74) is 5.00. The van der Waals surface area contributed by atoms with Gasteiger partial charge in [0.1, 0.15) is 6.67 Å². The van der Waals surface area contributed by atoms with Crippen molar-refractivity contribution in [2.75, 3.05) is 13.2 Å². The number of nitrogens with two attached hydrogens (primary N) is 1. The van der Waals surface area contributed by atoms with E-state index in [1.54, 1.807) is 0 Å². The molecule has 0 atom stereocenters. The Balaban J connectivity index is 2.84. The minimum Gasteiger partial charge on any atom is -0.364 e. The van der Waals surface area contributed by atoms with Crippen LogP contribution in [0.1, 0.15) is 17.4 Å². The summed E-state index contributed by atoms with van der Waals surface area (Å²) in [4.78, 5) is 28.0. The van der Waals surface area contributed by atoms with Gasteiger partial charge in [-0.15, -0.1) is 5.11 Å². The first-order chi connectivity index (χ1) is 8.06. The van der Waals surface area contributed by atoms with E-state index in [2.05, 4.69) is 20.3 Å². The Labute approximate surface area is 95.7 Å². The zero-order valence-electron chi connectivity index (χ0n) is 9.05. The SMILES string of the molecule is CC(=O)N(CCF)/N=N/c1nc[nH]c1C(N)=O. The number of carbonyl (C=O) groups is 2. The molecule has 1 aromatic heterocycles. The molecular weight excluding hydrogens is 231 g/mol. The van der Waals surface area contributed by atoms with E-state index in [0.717, 1.165) is 5.01 Å². The number of hydrogen-bond acceptors (Lipinski definition) is 5. The van der Waals surface area contributed by atoms with Gasteiger partial charge in [-0.1, -0.05) is 5.22 Å². The lowest BCUT2D eigenvalue weighted by atomic mass is 10.4. The molecule has 1 heterocycles. The zero-order valence-corrected chi connectivity index (χ0v) is 9.05. The lowest BCUT2D eigenvalue weighted by Gasteiger charge is -2.09. The molecule has 0 aliphatic carbocycles. The summed E-state index contributed by atoms with van der Waals surface area (Å²) in [6, 6.07) is 0. The first kappa shape index (κ1) is 12.7. The number of halogens is 1. The summed E-state index contributed by atoms with van der Waals surface area (Å²) in [5, 5.41) is 7.84. The average molecular weight is 242 g/mol. The second kappa shape index (κ2) is 5.68. The van der Waals surface area contributed by atoms with Crippen molar-refractivity contribution < 1.29 is 14.0 Å². The standard InChI is InChI=1S/C8H11FN6O2/c1-5(16)15(3-2-9)14-13-8-6(7(10)17)11-4-12-8/h4H,2-3H2,1H3,(H2,10,17)(H,11,12)/b14-13+. The third-order valence-corrected chi connectivity index (χ3v) is 1.77. The van der Waals surface area contributed by atoms with Crippen LogP contribution in [0.4, 0.5) is 10.2 Å². The van der Waals surface area contributed by atoms with Gasteiger partial charge in [-0.25, -0.2) is 14.4 Å². The fourth-order valence-electron chi connectivity index (χ4n) is 0.986. The van der Waals surface area contributed by atoms with Gasteiger partial charge >= 0.3 is 0 Å². The second-order valence-electron chi connectivity index (χ2n) is 2.99. The van der Waals surface area contributed by atoms with Gasteiger partial charge in [0.15, 0.2) is 5.69 Å². The van der Waals surface area contributed by atoms with Crippen LogP contribution in [-0.4, -0.2) is 40.0 Å². The molecule has 0 unspecified atom stereocenters. The largest absolute Gasteiger partial charge is 0.364 e. The number of H-pyrrole nitrogens is 1. The Bertz CT molecular complexity index is 443. The van der Waals surface area contributed by atoms with E-state index < -0.39 is 18.5 Å². The molecule has 0 radical (unpaired) electrons. The summed E-state index contributed by atoms with van der Waals surface area (Å²) in [7, 11) is 0. The molecule has 1 rings (SSSR count). The van der Waals surface area contributed by atoms with Crippen molar-refractivity contribution in [2.24, 2.45) is 16.1 Å². The van der Waals surface area contributed by atoms with E-state index in [-0.39, 0.29) is 18.1 Å². The smallest absolute Gasteiger partial charge is 0.269 e. The number of nitrogens with zero attached hydrogens (tertiary/aromatic N) is 4. The predicted molar refractivity (Wildman–Crippen MR) is 55.0 cm³/mol. The van der Waals surface area contributed by atoms with Crippen LogP contribution in [0.3, 0.4) is 0 Å². The van der Waals surface area contributed by atoms with Gasteiger partial charge in [0.05, 0.1) is 12.9 Å². The minimum atomic E-state index is -0.753. The topological polar surface area (TPSA) is 117 Å². The Morgan fingerprint density at radius 2 is 2.35 bits per heavy atom. The van der Waals surface area contributed by atoms with E-state index in [1.165, 1.54) is 13.3 Å². The molecule has 17 heavy (non-hydrogen) atoms. The average Bonchev–Trinajstić information content (AvgIpc) is 2.71. The van der Waals surface area contributed by atoms with Crippen molar-refractivity contribution in [3.05, 3.63) is 12.0 Å². The third kappa shape index (κ3) is 3.33. The number of hydrogen-bond donors (Lipinski definition) is 2. The molecule has 0 saturated carbocycles. The molecule has 2 amide bonds. The Morgan fingerprint density at radius 1 is 1.65 bits per heavy atom. The molecule has 8 nitrogen and oxygen atoms in total. The maximum absolute atomic E-state index is 12.1. The van der Waals surface area contributed by atoms with Crippen LogP contribution in [0.2, 0.25) is 0 Å². The van der Waals surface area contributed by atoms with Crippen LogP contribution in [-0.2, 0) is 4.79 Å². The van der Waals surface area contributed by atoms with Gasteiger partial charge in [-0.2, -0.15) is 0 Å². The van der Waals surface area contributed by atoms with Crippen LogP contribution in [0.5, 0.6) is 0 Å². The summed E-state index contributed by atoms with van der Waals surface area (Å²) in [5.74, 6) is -1.28. The van der Waals surface area contributed by atoms with Crippen molar-refractivity contribution in [3.8, 4) is 0 Å². The molecule has 3 N–H and O–H groups in total. The summed E-state index contributed by atoms with van der Waals surface area (Å²) < 4.78 is 12.1. The van der Waals surface area contributed by atoms with E-state index in [4.69, 9.17) is 5.73 Å². The minimum absolute atomic E-state index is 0.0301. The molecule has 0 fully saturated rings. The first-order valence-electron chi connectivity index (χ1n) is 4.65. The number of carbonyl (C=O) groups excluding carboxylic acids is 2. The van der Waals surface area contributed by atoms with Gasteiger partial charge in [-0.05, 0) is 0 Å². The number of aromatic amines is 1. The van der Waals surface area contributed by atoms with Crippen molar-refractivity contribution in [1.82, 2.24) is 15.0 Å². The van der Waals surface area contributed by atoms with Crippen LogP contribution in [0, 0.1) is 0 Å². The summed E-state index contributed by atoms with van der Waals surface area (Å²) in [6.45, 7) is 0.255. The molecule has 9 heteroatoms. The van der Waals surface area contributed by atoms with E-state index in [1.807, 2.05) is 0 Å². The fraction of sp³-hybridized carbons (Fsp3) is 0.375. The predicted octanol–water partition coefficient (Wildman–Crippen LogP) is 0.325. The summed E-state index contributed by atoms with van der Waals surface area (Å²) in [6.07, 6.45) is 1.21. The maximum Gasteiger partial charge on any atom is 0.269 e. The van der Waals surface area contributed by atoms with Crippen LogP contribution in [0.25, 0.3) is 0 Å². The molecule has 0 aliphatic heterocycles. The molecule has 0 bridgehead atoms. The first-order valence-corrected chi connectivity index (χ1v) is 4.65. The van der Waals surface area contributed by atoms with Crippen molar-refractivity contribution in [3.63, 3.8) is 0 Å². The zero-order chi connectivity index (χ0) is 12.8. The number of primary amides is 1. The van der Waals surface area contributed by atoms with Gasteiger partial charge in [0.25, 0.3) is 5.91 Å². The molecule has 0 aliphatic rings. The van der Waals surface area contributed by atoms with Crippen LogP contribution < -0.4 is 5.73 Å². The maximum atomic E-state index is 12.1. The lowest BCUT2D eigenvalue weighted by molar-refractivity contribution is -0.129. The Kier molecular flexibility index (Phi) is 4.26. The highest BCUT2D eigenvalue weighted by Gasteiger charge is 2.12. The normalized spacial score (nSPS) is 10.7. The van der Waals surface area contributed by atoms with Gasteiger partial charge in [-0.3, -0.25) is 9.59 Å². The third-order valence-electron chi connectivity index (χ3n) is 1.77. The van der Waals surface area contributed by atoms with E-state index in [0.29, 0.717) is 0 Å². The molecule has 92 valence electrons. The molecule has 0 aromatic carbocycles. The summed E-state index contributed by atoms with van der Waals surface area (Å²) >= 11 is 0. The number of alkyl halides is 1. The van der Waals surface area contributed by atoms with Crippen LogP contribution >= 0.6 is 0 Å². The van der Waals surface area contributed by atoms with Crippen LogP contribution in [0.15, 0.2) is 16.7 Å². The number of imidazole rings is 1. The lowest BCUT2D eigenvalue weighted by Crippen LogP contribution is -2.24. The molecule has 0 spiro atoms. The number of amides is 2. The van der Waals surface area contributed by atoms with E-state index >= 15 is 0 Å². The highest BCUT2D eigenvalue weighted by molar-refractivity contribution is 5.94. The van der Waals surface area contributed by atoms with Gasteiger partial charge in [0, 0.05) is 6.92 Å². The van der Waals surface area contributed by atoms with Gasteiger partial charge < -0.3 is 10.7 Å².